The van der Waals surface area contributed by atoms with Crippen LogP contribution >= 0.6 is 0 Å². The van der Waals surface area contributed by atoms with Crippen LogP contribution in [0.4, 0.5) is 0 Å². The fraction of sp³-hybridized carbons (Fsp3) is 0.818. The van der Waals surface area contributed by atoms with Gasteiger partial charge in [-0.25, -0.2) is 0 Å². The molecule has 0 bridgehead atoms. The average Bonchev–Trinajstić information content (AvgIpc) is 1.83. The third-order valence-electron chi connectivity index (χ3n) is 3.96. The second-order valence-electron chi connectivity index (χ2n) is 5.28. The number of hydrogen-bond acceptors (Lipinski definition) is 1. The highest BCUT2D eigenvalue weighted by Crippen LogP contribution is 2.51. The minimum atomic E-state index is -0.0781. The van der Waals surface area contributed by atoms with Gasteiger partial charge in [0.25, 0.3) is 0 Å². The van der Waals surface area contributed by atoms with E-state index in [1.807, 2.05) is 6.26 Å². The lowest BCUT2D eigenvalue weighted by Crippen LogP contribution is -2.51. The van der Waals surface area contributed by atoms with Gasteiger partial charge >= 0.3 is 0 Å². The summed E-state index contributed by atoms with van der Waals surface area (Å²) in [5.41, 5.74) is 0.286. The van der Waals surface area contributed by atoms with Crippen molar-refractivity contribution in [3.63, 3.8) is 0 Å². The normalized spacial score (nSPS) is 29.5. The summed E-state index contributed by atoms with van der Waals surface area (Å²) in [5.74, 6) is 0. The zero-order valence-corrected chi connectivity index (χ0v) is 9.06. The molecule has 0 aliphatic carbocycles. The Morgan fingerprint density at radius 3 is 1.75 bits per heavy atom. The summed E-state index contributed by atoms with van der Waals surface area (Å²) >= 11 is 0. The van der Waals surface area contributed by atoms with Crippen molar-refractivity contribution in [1.29, 1.82) is 0 Å². The molecule has 0 N–H and O–H groups in total. The molecule has 0 amide bonds. The van der Waals surface area contributed by atoms with Gasteiger partial charge in [-0.15, -0.1) is 0 Å². The quantitative estimate of drug-likeness (QED) is 0.539. The molecule has 0 unspecified atom stereocenters. The fourth-order valence-electron chi connectivity index (χ4n) is 1.51. The van der Waals surface area contributed by atoms with Crippen molar-refractivity contribution >= 4 is 0 Å². The molecule has 0 saturated carbocycles. The van der Waals surface area contributed by atoms with E-state index in [1.165, 1.54) is 0 Å². The first-order chi connectivity index (χ1) is 5.21. The Morgan fingerprint density at radius 2 is 1.42 bits per heavy atom. The van der Waals surface area contributed by atoms with Crippen molar-refractivity contribution in [2.75, 3.05) is 0 Å². The van der Waals surface area contributed by atoms with Gasteiger partial charge < -0.3 is 4.74 Å². The Hall–Kier alpha value is -0.460. The van der Waals surface area contributed by atoms with Crippen LogP contribution in [0.5, 0.6) is 0 Å². The first-order valence-electron chi connectivity index (χ1n) is 4.56. The lowest BCUT2D eigenvalue weighted by Gasteiger charge is -2.52. The number of ether oxygens (including phenoxy) is 1. The molecule has 0 atom stereocenters. The average molecular weight is 168 g/mol. The maximum absolute atomic E-state index is 5.64. The summed E-state index contributed by atoms with van der Waals surface area (Å²) in [6.45, 7) is 13.3. The van der Waals surface area contributed by atoms with E-state index >= 15 is 0 Å². The van der Waals surface area contributed by atoms with Crippen LogP contribution in [-0.2, 0) is 4.74 Å². The predicted molar refractivity (Wildman–Crippen MR) is 51.9 cm³/mol. The molecule has 0 aromatic rings. The first-order valence-corrected chi connectivity index (χ1v) is 4.56. The second kappa shape index (κ2) is 2.27. The van der Waals surface area contributed by atoms with Crippen molar-refractivity contribution < 1.29 is 4.74 Å². The topological polar surface area (TPSA) is 9.23 Å². The summed E-state index contributed by atoms with van der Waals surface area (Å²) in [7, 11) is 0. The molecule has 1 aliphatic heterocycles. The standard InChI is InChI=1S/C11H20O/c1-9(2)7-8-12-11(5,6)10(9,3)4/h7-8H,1-6H3. The molecule has 0 aromatic heterocycles. The van der Waals surface area contributed by atoms with E-state index < -0.39 is 0 Å². The zero-order chi connectivity index (χ0) is 9.62. The van der Waals surface area contributed by atoms with E-state index in [0.717, 1.165) is 0 Å². The molecule has 1 heterocycles. The highest BCUT2D eigenvalue weighted by atomic mass is 16.5. The van der Waals surface area contributed by atoms with Crippen LogP contribution in [0.15, 0.2) is 12.3 Å². The third-order valence-corrected chi connectivity index (χ3v) is 3.96. The van der Waals surface area contributed by atoms with Crippen LogP contribution in [-0.4, -0.2) is 5.60 Å². The van der Waals surface area contributed by atoms with Crippen molar-refractivity contribution in [3.8, 4) is 0 Å². The van der Waals surface area contributed by atoms with Gasteiger partial charge in [-0.2, -0.15) is 0 Å². The summed E-state index contributed by atoms with van der Waals surface area (Å²) in [6.07, 6.45) is 3.99. The largest absolute Gasteiger partial charge is 0.495 e. The molecular formula is C11H20O. The molecule has 0 fully saturated rings. The van der Waals surface area contributed by atoms with Gasteiger partial charge in [0, 0.05) is 5.41 Å². The number of hydrogen-bond donors (Lipinski definition) is 0. The number of allylic oxidation sites excluding steroid dienone is 1. The lowest BCUT2D eigenvalue weighted by molar-refractivity contribution is -0.111. The molecule has 0 saturated heterocycles. The van der Waals surface area contributed by atoms with E-state index in [9.17, 15) is 0 Å². The zero-order valence-electron chi connectivity index (χ0n) is 9.06. The fourth-order valence-corrected chi connectivity index (χ4v) is 1.51. The van der Waals surface area contributed by atoms with E-state index in [0.29, 0.717) is 0 Å². The van der Waals surface area contributed by atoms with E-state index in [2.05, 4.69) is 47.6 Å². The maximum Gasteiger partial charge on any atom is 0.108 e. The van der Waals surface area contributed by atoms with Gasteiger partial charge in [-0.3, -0.25) is 0 Å². The van der Waals surface area contributed by atoms with Crippen LogP contribution in [0.2, 0.25) is 0 Å². The van der Waals surface area contributed by atoms with Crippen molar-refractivity contribution in [1.82, 2.24) is 0 Å². The molecule has 12 heavy (non-hydrogen) atoms. The summed E-state index contributed by atoms with van der Waals surface area (Å²) in [4.78, 5) is 0. The predicted octanol–water partition coefficient (Wildman–Crippen LogP) is 3.36. The van der Waals surface area contributed by atoms with Gasteiger partial charge in [-0.1, -0.05) is 27.7 Å². The second-order valence-corrected chi connectivity index (χ2v) is 5.28. The molecule has 1 nitrogen and oxygen atoms in total. The lowest BCUT2D eigenvalue weighted by atomic mass is 9.59. The summed E-state index contributed by atoms with van der Waals surface area (Å²) in [6, 6.07) is 0. The van der Waals surface area contributed by atoms with Crippen LogP contribution in [0.25, 0.3) is 0 Å². The van der Waals surface area contributed by atoms with E-state index in [1.54, 1.807) is 0 Å². The summed E-state index contributed by atoms with van der Waals surface area (Å²) in [5, 5.41) is 0. The van der Waals surface area contributed by atoms with Crippen molar-refractivity contribution in [2.45, 2.75) is 47.1 Å². The van der Waals surface area contributed by atoms with Gasteiger partial charge in [0.15, 0.2) is 0 Å². The van der Waals surface area contributed by atoms with Gasteiger partial charge in [0.2, 0.25) is 0 Å². The molecule has 1 aliphatic rings. The Morgan fingerprint density at radius 1 is 0.917 bits per heavy atom. The van der Waals surface area contributed by atoms with Crippen molar-refractivity contribution in [3.05, 3.63) is 12.3 Å². The smallest absolute Gasteiger partial charge is 0.108 e. The van der Waals surface area contributed by atoms with E-state index in [4.69, 9.17) is 4.74 Å². The Bertz CT molecular complexity index is 209. The highest BCUT2D eigenvalue weighted by molar-refractivity contribution is 5.10. The van der Waals surface area contributed by atoms with Gasteiger partial charge in [-0.05, 0) is 25.3 Å². The minimum absolute atomic E-state index is 0.0781. The van der Waals surface area contributed by atoms with Gasteiger partial charge in [0.05, 0.1) is 6.26 Å². The van der Waals surface area contributed by atoms with Crippen LogP contribution < -0.4 is 0 Å². The van der Waals surface area contributed by atoms with Crippen molar-refractivity contribution in [2.24, 2.45) is 10.8 Å². The van der Waals surface area contributed by atoms with Crippen LogP contribution in [0.1, 0.15) is 41.5 Å². The Kier molecular flexibility index (Phi) is 1.82. The molecule has 1 heteroatoms. The molecule has 0 radical (unpaired) electrons. The maximum atomic E-state index is 5.64. The van der Waals surface area contributed by atoms with Gasteiger partial charge in [0.1, 0.15) is 5.60 Å². The first kappa shape index (κ1) is 9.63. The van der Waals surface area contributed by atoms with Crippen LogP contribution in [0, 0.1) is 10.8 Å². The molecule has 70 valence electrons. The van der Waals surface area contributed by atoms with E-state index in [-0.39, 0.29) is 16.4 Å². The molecule has 0 aromatic carbocycles. The molecule has 1 rings (SSSR count). The Labute approximate surface area is 75.8 Å². The number of rotatable bonds is 0. The third kappa shape index (κ3) is 1.07. The SMILES string of the molecule is CC1(C)C=COC(C)(C)C1(C)C. The summed E-state index contributed by atoms with van der Waals surface area (Å²) < 4.78 is 5.64. The monoisotopic (exact) mass is 168 g/mol. The molecular weight excluding hydrogens is 148 g/mol. The highest BCUT2D eigenvalue weighted by Gasteiger charge is 2.50. The minimum Gasteiger partial charge on any atom is -0.495 e. The van der Waals surface area contributed by atoms with Crippen LogP contribution in [0.3, 0.4) is 0 Å². The Balaban J connectivity index is 3.13. The molecule has 0 spiro atoms.